The van der Waals surface area contributed by atoms with E-state index in [1.54, 1.807) is 0 Å². The van der Waals surface area contributed by atoms with Gasteiger partial charge in [0.2, 0.25) is 25.2 Å². The molecule has 11 N–H and O–H groups in total. The summed E-state index contributed by atoms with van der Waals surface area (Å²) < 4.78 is 138. The zero-order valence-electron chi connectivity index (χ0n) is 53.8. The monoisotopic (exact) mass is 1330 g/mol. The summed E-state index contributed by atoms with van der Waals surface area (Å²) in [6.07, 6.45) is -39.8. The van der Waals surface area contributed by atoms with Crippen molar-refractivity contribution >= 4 is 0 Å². The Kier molecular flexibility index (Phi) is 35.6. The Morgan fingerprint density at radius 1 is 0.286 bits per heavy atom. The van der Waals surface area contributed by atoms with Crippen LogP contribution < -0.4 is 0 Å². The van der Waals surface area contributed by atoms with Crippen molar-refractivity contribution in [1.29, 1.82) is 0 Å². The first-order valence-corrected chi connectivity index (χ1v) is 28.8. The first kappa shape index (κ1) is 79.7. The molecule has 7 aliphatic heterocycles. The number of fused-ring (bicyclic) bond motifs is 3. The highest BCUT2D eigenvalue weighted by molar-refractivity contribution is 5.15. The molecule has 7 heterocycles. The molecule has 0 spiro atoms. The Labute approximate surface area is 527 Å². The summed E-state index contributed by atoms with van der Waals surface area (Å²) in [6, 6.07) is 0. The highest BCUT2D eigenvalue weighted by Gasteiger charge is 2.55. The first-order chi connectivity index (χ1) is 43.6. The van der Waals surface area contributed by atoms with Crippen LogP contribution in [0.3, 0.4) is 0 Å². The van der Waals surface area contributed by atoms with Crippen LogP contribution in [0.15, 0.2) is 46.1 Å². The number of methoxy groups -OCH3 is 14. The molecule has 7 aliphatic rings. The van der Waals surface area contributed by atoms with E-state index in [1.165, 1.54) is 71.1 Å². The highest BCUT2D eigenvalue weighted by atomic mass is 16.8. The molecule has 35 nitrogen and oxygen atoms in total. The second-order valence-corrected chi connectivity index (χ2v) is 20.7. The van der Waals surface area contributed by atoms with Crippen molar-refractivity contribution < 1.29 is 170 Å². The van der Waals surface area contributed by atoms with Gasteiger partial charge in [0.25, 0.3) is 0 Å². The minimum atomic E-state index is -2.28. The van der Waals surface area contributed by atoms with Crippen LogP contribution in [-0.4, -0.2) is 344 Å². The Bertz CT molecular complexity index is 2180. The predicted octanol–water partition coefficient (Wildman–Crippen LogP) is -1.98. The summed E-state index contributed by atoms with van der Waals surface area (Å²) in [5.74, 6) is -6.23. The molecule has 0 saturated carbocycles. The van der Waals surface area contributed by atoms with E-state index in [9.17, 15) is 56.2 Å². The maximum Gasteiger partial charge on any atom is 0.218 e. The molecule has 3 fully saturated rings. The molecule has 8 unspecified atom stereocenters. The Balaban J connectivity index is 1.98. The molecule has 0 aromatic rings. The molecule has 91 heavy (non-hydrogen) atoms. The fourth-order valence-electron chi connectivity index (χ4n) is 10.4. The van der Waals surface area contributed by atoms with Crippen LogP contribution in [0.1, 0.15) is 25.7 Å². The molecule has 7 rings (SSSR count). The molecular formula is C56H98O35. The number of aliphatic hydroxyl groups is 11. The third-order valence-corrected chi connectivity index (χ3v) is 15.0. The van der Waals surface area contributed by atoms with E-state index in [0.717, 1.165) is 28.4 Å². The average molecular weight is 1330 g/mol. The van der Waals surface area contributed by atoms with Crippen molar-refractivity contribution in [3.63, 3.8) is 0 Å². The van der Waals surface area contributed by atoms with Gasteiger partial charge in [-0.05, 0) is 0 Å². The van der Waals surface area contributed by atoms with Crippen molar-refractivity contribution in [3.8, 4) is 0 Å². The summed E-state index contributed by atoms with van der Waals surface area (Å²) in [4.78, 5) is 0. The van der Waals surface area contributed by atoms with Crippen molar-refractivity contribution in [2.24, 2.45) is 0 Å². The minimum Gasteiger partial charge on any atom is -0.506 e. The van der Waals surface area contributed by atoms with Gasteiger partial charge in [-0.25, -0.2) is 0 Å². The largest absolute Gasteiger partial charge is 0.506 e. The SMILES string of the molecule is COCC[C@H]1O[C@H]2OC(COC)[C@@H](O[C@H]3OC(COC)[C@@H](O[C@@H](O)/C(OC)=C(\O)[C@@H](CCOC)O[C@@H](O)/C(OC)=C(\O)[C@@H](CCOC)O[C@H]4OC(COC)[C@@H](O[C@@H](O)/C(OC)=C(\O)[C@@H](CCOC)O[C@@H](O)C(OC)=C1O)C(O)C4OC)[C@H](O)C3OC)C(O)C2OC. The molecule has 0 aromatic carbocycles. The molecule has 0 radical (unpaired) electrons. The Morgan fingerprint density at radius 3 is 0.747 bits per heavy atom. The van der Waals surface area contributed by atoms with Crippen molar-refractivity contribution in [1.82, 2.24) is 0 Å². The highest BCUT2D eigenvalue weighted by Crippen LogP contribution is 2.37. The summed E-state index contributed by atoms with van der Waals surface area (Å²) in [6.45, 7) is -1.57. The van der Waals surface area contributed by atoms with Gasteiger partial charge in [-0.1, -0.05) is 0 Å². The Hall–Kier alpha value is -3.72. The van der Waals surface area contributed by atoms with E-state index in [-0.39, 0.29) is 71.9 Å². The topological polar surface area (TPSA) is 444 Å². The summed E-state index contributed by atoms with van der Waals surface area (Å²) in [7, 11) is 17.1. The Morgan fingerprint density at radius 2 is 0.516 bits per heavy atom. The molecule has 35 heteroatoms. The number of hydrogen-bond acceptors (Lipinski definition) is 35. The van der Waals surface area contributed by atoms with Crippen LogP contribution in [0, 0.1) is 0 Å². The van der Waals surface area contributed by atoms with Crippen LogP contribution in [0.4, 0.5) is 0 Å². The maximum absolute atomic E-state index is 12.2. The number of rotatable bonds is 25. The third-order valence-electron chi connectivity index (χ3n) is 15.0. The predicted molar refractivity (Wildman–Crippen MR) is 303 cm³/mol. The lowest BCUT2D eigenvalue weighted by Gasteiger charge is -2.48. The van der Waals surface area contributed by atoms with Crippen molar-refractivity contribution in [3.05, 3.63) is 46.1 Å². The fourth-order valence-corrected chi connectivity index (χ4v) is 10.4. The number of aliphatic hydroxyl groups excluding tert-OH is 11. The smallest absolute Gasteiger partial charge is 0.218 e. The van der Waals surface area contributed by atoms with Crippen LogP contribution in [0.25, 0.3) is 0 Å². The van der Waals surface area contributed by atoms with E-state index in [0.29, 0.717) is 0 Å². The fraction of sp³-hybridized carbons (Fsp3) is 0.857. The number of ether oxygens (including phenoxy) is 24. The zero-order chi connectivity index (χ0) is 67.6. The van der Waals surface area contributed by atoms with Gasteiger partial charge < -0.3 is 170 Å². The molecule has 0 aromatic heterocycles. The standard InChI is InChI=1S/C56H98O35/c1-68-19-15-26-33(57)45(77-10)52(66)89-40-30(23-72-5)86-54(47(79-12)37(40)61)84-28(17-21-70-3)35(59)43(75-8)50(64)83-27(16-20-69-2)34(58)46(78-11)53(67)90-41-31(24-73-6)88-56(49(81-14)38(41)62)91-42-32(25-74-7)87-55(48(80-13)39(42)63)85-29(18-22-71-4)36(60)44(76-9)51(65)82-26/h26-32,37-42,47-67H,15-25H2,1-14H3/b43-35+,44-36?,45-33+,46-34+/t26-,27-,28-,29-,30?,31?,32?,37?,38+,39?,40-,41-,42-,47?,48?,49?,50-,51-,52-,53-,54+,55+,56-/m1/s1. The van der Waals surface area contributed by atoms with Crippen LogP contribution in [0.2, 0.25) is 0 Å². The van der Waals surface area contributed by atoms with Crippen LogP contribution in [-0.2, 0) is 114 Å². The summed E-state index contributed by atoms with van der Waals surface area (Å²) >= 11 is 0. The van der Waals surface area contributed by atoms with Gasteiger partial charge in [0.1, 0.15) is 97.7 Å². The van der Waals surface area contributed by atoms with Crippen LogP contribution in [0.5, 0.6) is 0 Å². The molecule has 6 bridgehead atoms. The van der Waals surface area contributed by atoms with Gasteiger partial charge in [0.05, 0.1) is 48.3 Å². The minimum absolute atomic E-state index is 0.102. The first-order valence-electron chi connectivity index (χ1n) is 28.8. The van der Waals surface area contributed by atoms with E-state index < -0.39 is 188 Å². The lowest BCUT2D eigenvalue weighted by atomic mass is 9.96. The van der Waals surface area contributed by atoms with E-state index in [1.807, 2.05) is 0 Å². The normalized spacial score (nSPS) is 39.4. The molecule has 3 saturated heterocycles. The third kappa shape index (κ3) is 20.9. The van der Waals surface area contributed by atoms with Gasteiger partial charge in [-0.15, -0.1) is 0 Å². The molecule has 532 valence electrons. The molecule has 0 amide bonds. The quantitative estimate of drug-likeness (QED) is 0.0472. The van der Waals surface area contributed by atoms with Crippen molar-refractivity contribution in [2.75, 3.05) is 146 Å². The van der Waals surface area contributed by atoms with Gasteiger partial charge >= 0.3 is 0 Å². The number of hydrogen-bond donors (Lipinski definition) is 11. The second-order valence-electron chi connectivity index (χ2n) is 20.7. The molecule has 23 atom stereocenters. The lowest BCUT2D eigenvalue weighted by Crippen LogP contribution is -2.66. The van der Waals surface area contributed by atoms with Crippen molar-refractivity contribution in [2.45, 2.75) is 167 Å². The van der Waals surface area contributed by atoms with E-state index >= 15 is 0 Å². The lowest BCUT2D eigenvalue weighted by molar-refractivity contribution is -0.372. The van der Waals surface area contributed by atoms with Gasteiger partial charge in [-0.2, -0.15) is 0 Å². The van der Waals surface area contributed by atoms with E-state index in [2.05, 4.69) is 0 Å². The summed E-state index contributed by atoms with van der Waals surface area (Å²) in [5.41, 5.74) is 0. The maximum atomic E-state index is 12.2. The van der Waals surface area contributed by atoms with Crippen LogP contribution >= 0.6 is 0 Å². The van der Waals surface area contributed by atoms with Gasteiger partial charge in [-0.3, -0.25) is 0 Å². The zero-order valence-corrected chi connectivity index (χ0v) is 53.8. The molecular weight excluding hydrogens is 1230 g/mol. The van der Waals surface area contributed by atoms with Gasteiger partial charge in [0.15, 0.2) is 64.9 Å². The van der Waals surface area contributed by atoms with E-state index in [4.69, 9.17) is 114 Å². The molecule has 0 aliphatic carbocycles. The summed E-state index contributed by atoms with van der Waals surface area (Å²) in [5, 5.41) is 131. The average Bonchev–Trinajstić information content (AvgIpc) is 1.41. The van der Waals surface area contributed by atoms with Gasteiger partial charge in [0, 0.05) is 123 Å². The second kappa shape index (κ2) is 40.6.